The van der Waals surface area contributed by atoms with Crippen LogP contribution in [-0.4, -0.2) is 68.3 Å². The average molecular weight is 517 g/mol. The molecular weight excluding hydrogens is 484 g/mol. The highest BCUT2D eigenvalue weighted by Gasteiger charge is 2.21. The molecule has 162 valence electrons. The minimum atomic E-state index is -0.222. The van der Waals surface area contributed by atoms with Crippen LogP contribution < -0.4 is 10.6 Å². The fourth-order valence-electron chi connectivity index (χ4n) is 3.70. The smallest absolute Gasteiger partial charge is 0.191 e. The zero-order chi connectivity index (χ0) is 19.9. The summed E-state index contributed by atoms with van der Waals surface area (Å²) in [6, 6.07) is 4.85. The molecule has 1 aromatic carbocycles. The molecule has 0 aliphatic carbocycles. The summed E-state index contributed by atoms with van der Waals surface area (Å²) in [5.41, 5.74) is 2.00. The second-order valence-electron chi connectivity index (χ2n) is 7.78. The summed E-state index contributed by atoms with van der Waals surface area (Å²) in [4.78, 5) is 9.90. The van der Waals surface area contributed by atoms with E-state index in [1.54, 1.807) is 7.05 Å². The molecule has 3 N–H and O–H groups in total. The molecule has 0 spiro atoms. The predicted octanol–water partition coefficient (Wildman–Crippen LogP) is 2.99. The fourth-order valence-corrected chi connectivity index (χ4v) is 3.70. The SMILES string of the molecule is CN=C(NCCc1c[nH]c2cc(F)ccc12)NCC1CN(CC(C)C)CCO1.I. The largest absolute Gasteiger partial charge is 0.374 e. The Bertz CT molecular complexity index is 794. The van der Waals surface area contributed by atoms with E-state index >= 15 is 0 Å². The number of H-pyrrole nitrogens is 1. The van der Waals surface area contributed by atoms with Crippen molar-refractivity contribution in [1.29, 1.82) is 0 Å². The van der Waals surface area contributed by atoms with Crippen LogP contribution in [0, 0.1) is 11.7 Å². The summed E-state index contributed by atoms with van der Waals surface area (Å²) < 4.78 is 19.2. The maximum Gasteiger partial charge on any atom is 0.191 e. The predicted molar refractivity (Wildman–Crippen MR) is 128 cm³/mol. The van der Waals surface area contributed by atoms with E-state index in [9.17, 15) is 4.39 Å². The number of aromatic nitrogens is 1. The van der Waals surface area contributed by atoms with E-state index in [4.69, 9.17) is 4.74 Å². The first-order chi connectivity index (χ1) is 13.5. The number of guanidine groups is 1. The zero-order valence-corrected chi connectivity index (χ0v) is 19.8. The Balaban J connectivity index is 0.00000300. The minimum absolute atomic E-state index is 0. The van der Waals surface area contributed by atoms with Crippen molar-refractivity contribution in [3.05, 3.63) is 35.8 Å². The molecule has 1 unspecified atom stereocenters. The topological polar surface area (TPSA) is 64.7 Å². The number of rotatable bonds is 7. The van der Waals surface area contributed by atoms with Crippen molar-refractivity contribution in [3.8, 4) is 0 Å². The van der Waals surface area contributed by atoms with Crippen molar-refractivity contribution in [1.82, 2.24) is 20.5 Å². The van der Waals surface area contributed by atoms with E-state index in [1.807, 2.05) is 12.3 Å². The van der Waals surface area contributed by atoms with Crippen LogP contribution in [0.25, 0.3) is 10.9 Å². The number of hydrogen-bond donors (Lipinski definition) is 3. The van der Waals surface area contributed by atoms with Crippen LogP contribution in [0.5, 0.6) is 0 Å². The van der Waals surface area contributed by atoms with Gasteiger partial charge in [0.1, 0.15) is 5.82 Å². The second-order valence-corrected chi connectivity index (χ2v) is 7.78. The first-order valence-corrected chi connectivity index (χ1v) is 10.1. The second kappa shape index (κ2) is 11.7. The van der Waals surface area contributed by atoms with E-state index in [2.05, 4.69) is 39.4 Å². The van der Waals surface area contributed by atoms with E-state index in [0.29, 0.717) is 5.92 Å². The zero-order valence-electron chi connectivity index (χ0n) is 17.5. The molecule has 2 aromatic rings. The summed E-state index contributed by atoms with van der Waals surface area (Å²) in [7, 11) is 1.77. The van der Waals surface area contributed by atoms with Gasteiger partial charge < -0.3 is 20.4 Å². The Labute approximate surface area is 189 Å². The molecule has 1 aliphatic heterocycles. The number of morpholine rings is 1. The van der Waals surface area contributed by atoms with Crippen molar-refractivity contribution in [2.45, 2.75) is 26.4 Å². The van der Waals surface area contributed by atoms with Crippen LogP contribution in [-0.2, 0) is 11.2 Å². The third-order valence-electron chi connectivity index (χ3n) is 4.98. The van der Waals surface area contributed by atoms with Gasteiger partial charge in [0.25, 0.3) is 0 Å². The van der Waals surface area contributed by atoms with E-state index < -0.39 is 0 Å². The summed E-state index contributed by atoms with van der Waals surface area (Å²) in [5.74, 6) is 1.22. The molecule has 1 aliphatic rings. The van der Waals surface area contributed by atoms with E-state index in [0.717, 1.165) is 68.2 Å². The number of fused-ring (bicyclic) bond motifs is 1. The Kier molecular flexibility index (Phi) is 9.64. The Morgan fingerprint density at radius 1 is 1.38 bits per heavy atom. The van der Waals surface area contributed by atoms with Crippen LogP contribution in [0.2, 0.25) is 0 Å². The highest BCUT2D eigenvalue weighted by molar-refractivity contribution is 14.0. The summed E-state index contributed by atoms with van der Waals surface area (Å²) in [6.45, 7) is 9.84. The number of halogens is 2. The van der Waals surface area contributed by atoms with Crippen LogP contribution in [0.4, 0.5) is 4.39 Å². The molecule has 1 saturated heterocycles. The third-order valence-corrected chi connectivity index (χ3v) is 4.98. The van der Waals surface area contributed by atoms with Crippen molar-refractivity contribution >= 4 is 40.8 Å². The standard InChI is InChI=1S/C21H32FN5O.HI/c1-15(2)13-27-8-9-28-18(14-27)12-26-21(23-3)24-7-6-16-11-25-20-10-17(22)4-5-19(16)20;/h4-5,10-11,15,18,25H,6-9,12-14H2,1-3H3,(H2,23,24,26);1H. The van der Waals surface area contributed by atoms with Gasteiger partial charge in [0.15, 0.2) is 5.96 Å². The quantitative estimate of drug-likeness (QED) is 0.300. The normalized spacial score (nSPS) is 18.1. The molecule has 2 heterocycles. The molecule has 1 fully saturated rings. The Morgan fingerprint density at radius 3 is 2.97 bits per heavy atom. The number of ether oxygens (including phenoxy) is 1. The lowest BCUT2D eigenvalue weighted by Crippen LogP contribution is -2.50. The monoisotopic (exact) mass is 517 g/mol. The van der Waals surface area contributed by atoms with Crippen LogP contribution in [0.15, 0.2) is 29.4 Å². The molecule has 1 aromatic heterocycles. The van der Waals surface area contributed by atoms with Crippen LogP contribution in [0.3, 0.4) is 0 Å². The van der Waals surface area contributed by atoms with Crippen LogP contribution >= 0.6 is 24.0 Å². The maximum atomic E-state index is 13.3. The van der Waals surface area contributed by atoms with Gasteiger partial charge in [-0.2, -0.15) is 0 Å². The van der Waals surface area contributed by atoms with Gasteiger partial charge in [-0.15, -0.1) is 24.0 Å². The number of hydrogen-bond acceptors (Lipinski definition) is 3. The first-order valence-electron chi connectivity index (χ1n) is 10.1. The first kappa shape index (κ1) is 23.9. The summed E-state index contributed by atoms with van der Waals surface area (Å²) in [6.07, 6.45) is 2.95. The number of nitrogens with one attached hydrogen (secondary N) is 3. The van der Waals surface area contributed by atoms with Gasteiger partial charge in [-0.25, -0.2) is 4.39 Å². The molecule has 8 heteroatoms. The van der Waals surface area contributed by atoms with Gasteiger partial charge in [0.2, 0.25) is 0 Å². The lowest BCUT2D eigenvalue weighted by atomic mass is 10.1. The van der Waals surface area contributed by atoms with Gasteiger partial charge in [0.05, 0.1) is 12.7 Å². The molecule has 0 radical (unpaired) electrons. The van der Waals surface area contributed by atoms with Gasteiger partial charge in [-0.05, 0) is 36.1 Å². The lowest BCUT2D eigenvalue weighted by Gasteiger charge is -2.34. The third kappa shape index (κ3) is 7.11. The van der Waals surface area contributed by atoms with E-state index in [-0.39, 0.29) is 35.9 Å². The maximum absolute atomic E-state index is 13.3. The van der Waals surface area contributed by atoms with E-state index in [1.165, 1.54) is 12.1 Å². The van der Waals surface area contributed by atoms with Crippen molar-refractivity contribution < 1.29 is 9.13 Å². The summed E-state index contributed by atoms with van der Waals surface area (Å²) in [5, 5.41) is 7.78. The number of aliphatic imine (C=N–C) groups is 1. The molecule has 1 atom stereocenters. The molecule has 29 heavy (non-hydrogen) atoms. The van der Waals surface area contributed by atoms with Crippen molar-refractivity contribution in [3.63, 3.8) is 0 Å². The van der Waals surface area contributed by atoms with Gasteiger partial charge in [-0.3, -0.25) is 9.89 Å². The molecular formula is C21H33FIN5O. The Hall–Kier alpha value is -1.39. The summed E-state index contributed by atoms with van der Waals surface area (Å²) >= 11 is 0. The number of nitrogens with zero attached hydrogens (tertiary/aromatic N) is 2. The molecule has 0 bridgehead atoms. The molecule has 0 saturated carbocycles. The lowest BCUT2D eigenvalue weighted by molar-refractivity contribution is -0.0284. The molecule has 3 rings (SSSR count). The van der Waals surface area contributed by atoms with Gasteiger partial charge in [-0.1, -0.05) is 13.8 Å². The van der Waals surface area contributed by atoms with Gasteiger partial charge >= 0.3 is 0 Å². The van der Waals surface area contributed by atoms with Crippen molar-refractivity contribution in [2.75, 3.05) is 46.4 Å². The van der Waals surface area contributed by atoms with Crippen LogP contribution in [0.1, 0.15) is 19.4 Å². The fraction of sp³-hybridized carbons (Fsp3) is 0.571. The van der Waals surface area contributed by atoms with Crippen molar-refractivity contribution in [2.24, 2.45) is 10.9 Å². The minimum Gasteiger partial charge on any atom is -0.374 e. The number of aromatic amines is 1. The average Bonchev–Trinajstić information content (AvgIpc) is 3.06. The van der Waals surface area contributed by atoms with Gasteiger partial charge in [0, 0.05) is 56.9 Å². The highest BCUT2D eigenvalue weighted by Crippen LogP contribution is 2.19. The molecule has 0 amide bonds. The number of benzene rings is 1. The highest BCUT2D eigenvalue weighted by atomic mass is 127. The molecule has 6 nitrogen and oxygen atoms in total. The Morgan fingerprint density at radius 2 is 2.21 bits per heavy atom.